The van der Waals surface area contributed by atoms with Crippen molar-refractivity contribution in [1.29, 1.82) is 0 Å². The minimum atomic E-state index is -0.0691. The summed E-state index contributed by atoms with van der Waals surface area (Å²) in [6, 6.07) is 5.59. The highest BCUT2D eigenvalue weighted by Gasteiger charge is 2.20. The fraction of sp³-hybridized carbons (Fsp3) is 0.533. The summed E-state index contributed by atoms with van der Waals surface area (Å²) in [6.45, 7) is 1.36. The molecule has 0 spiro atoms. The van der Waals surface area contributed by atoms with Crippen LogP contribution in [-0.2, 0) is 11.3 Å². The molecule has 1 saturated heterocycles. The van der Waals surface area contributed by atoms with Crippen LogP contribution in [0.5, 0.6) is 11.5 Å². The summed E-state index contributed by atoms with van der Waals surface area (Å²) >= 11 is 0. The molecule has 0 aliphatic carbocycles. The predicted molar refractivity (Wildman–Crippen MR) is 84.3 cm³/mol. The van der Waals surface area contributed by atoms with Gasteiger partial charge in [-0.2, -0.15) is 0 Å². The summed E-state index contributed by atoms with van der Waals surface area (Å²) in [5, 5.41) is 6.20. The Morgan fingerprint density at radius 3 is 2.76 bits per heavy atom. The Morgan fingerprint density at radius 1 is 1.33 bits per heavy atom. The van der Waals surface area contributed by atoms with Crippen LogP contribution in [0.3, 0.4) is 0 Å². The fourth-order valence-corrected chi connectivity index (χ4v) is 2.47. The zero-order chi connectivity index (χ0) is 14.4. The van der Waals surface area contributed by atoms with Crippen molar-refractivity contribution in [2.45, 2.75) is 31.8 Å². The van der Waals surface area contributed by atoms with Gasteiger partial charge in [-0.3, -0.25) is 4.79 Å². The quantitative estimate of drug-likeness (QED) is 0.871. The van der Waals surface area contributed by atoms with E-state index in [1.54, 1.807) is 14.2 Å². The second kappa shape index (κ2) is 8.74. The van der Waals surface area contributed by atoms with Gasteiger partial charge < -0.3 is 20.1 Å². The van der Waals surface area contributed by atoms with E-state index in [1.165, 1.54) is 0 Å². The van der Waals surface area contributed by atoms with Crippen molar-refractivity contribution in [2.24, 2.45) is 0 Å². The number of carbonyl (C=O) groups excluding carboxylic acids is 1. The number of halogens is 1. The Hall–Kier alpha value is -1.46. The van der Waals surface area contributed by atoms with Crippen molar-refractivity contribution < 1.29 is 14.3 Å². The monoisotopic (exact) mass is 314 g/mol. The molecule has 0 radical (unpaired) electrons. The van der Waals surface area contributed by atoms with Crippen LogP contribution in [0.1, 0.15) is 24.8 Å². The fourth-order valence-electron chi connectivity index (χ4n) is 2.47. The smallest absolute Gasteiger partial charge is 0.237 e. The zero-order valence-corrected chi connectivity index (χ0v) is 13.3. The van der Waals surface area contributed by atoms with Crippen molar-refractivity contribution in [1.82, 2.24) is 10.6 Å². The molecule has 1 aromatic rings. The van der Waals surface area contributed by atoms with E-state index in [0.717, 1.165) is 31.4 Å². The largest absolute Gasteiger partial charge is 0.493 e. The van der Waals surface area contributed by atoms with Crippen molar-refractivity contribution in [2.75, 3.05) is 20.8 Å². The van der Waals surface area contributed by atoms with Crippen molar-refractivity contribution in [3.8, 4) is 11.5 Å². The van der Waals surface area contributed by atoms with E-state index >= 15 is 0 Å². The third-order valence-corrected chi connectivity index (χ3v) is 3.56. The highest BCUT2D eigenvalue weighted by atomic mass is 35.5. The highest BCUT2D eigenvalue weighted by Crippen LogP contribution is 2.30. The lowest BCUT2D eigenvalue weighted by molar-refractivity contribution is -0.123. The Bertz CT molecular complexity index is 462. The van der Waals surface area contributed by atoms with Crippen molar-refractivity contribution >= 4 is 18.3 Å². The first-order valence-electron chi connectivity index (χ1n) is 6.97. The second-order valence-electron chi connectivity index (χ2n) is 4.87. The van der Waals surface area contributed by atoms with Gasteiger partial charge in [-0.15, -0.1) is 12.4 Å². The molecule has 1 aliphatic rings. The van der Waals surface area contributed by atoms with E-state index in [0.29, 0.717) is 18.0 Å². The molecule has 1 amide bonds. The zero-order valence-electron chi connectivity index (χ0n) is 12.5. The number of ether oxygens (including phenoxy) is 2. The van der Waals surface area contributed by atoms with E-state index in [-0.39, 0.29) is 24.4 Å². The molecule has 1 aromatic carbocycles. The topological polar surface area (TPSA) is 59.6 Å². The Balaban J connectivity index is 0.00000220. The number of hydrogen-bond acceptors (Lipinski definition) is 4. The Morgan fingerprint density at radius 2 is 2.14 bits per heavy atom. The molecule has 2 rings (SSSR count). The predicted octanol–water partition coefficient (Wildman–Crippen LogP) is 1.88. The van der Waals surface area contributed by atoms with E-state index in [9.17, 15) is 4.79 Å². The van der Waals surface area contributed by atoms with Gasteiger partial charge >= 0.3 is 0 Å². The SMILES string of the molecule is COc1cccc(CNC(=O)C2CCCCN2)c1OC.Cl. The first-order valence-corrected chi connectivity index (χ1v) is 6.97. The van der Waals surface area contributed by atoms with Crippen LogP contribution in [0.15, 0.2) is 18.2 Å². The van der Waals surface area contributed by atoms with Crippen LogP contribution < -0.4 is 20.1 Å². The standard InChI is InChI=1S/C15H22N2O3.ClH/c1-19-13-8-5-6-11(14(13)20-2)10-17-15(18)12-7-3-4-9-16-12;/h5-6,8,12,16H,3-4,7,9-10H2,1-2H3,(H,17,18);1H. The normalized spacial score (nSPS) is 17.5. The maximum absolute atomic E-state index is 12.1. The van der Waals surface area contributed by atoms with Crippen molar-refractivity contribution in [3.63, 3.8) is 0 Å². The minimum absolute atomic E-state index is 0. The molecule has 118 valence electrons. The third-order valence-electron chi connectivity index (χ3n) is 3.56. The molecule has 1 atom stereocenters. The number of nitrogens with one attached hydrogen (secondary N) is 2. The summed E-state index contributed by atoms with van der Waals surface area (Å²) in [5.41, 5.74) is 0.913. The average molecular weight is 315 g/mol. The van der Waals surface area contributed by atoms with Crippen LogP contribution in [0.4, 0.5) is 0 Å². The molecule has 1 unspecified atom stereocenters. The van der Waals surface area contributed by atoms with Crippen LogP contribution in [0.25, 0.3) is 0 Å². The molecule has 1 aliphatic heterocycles. The molecular weight excluding hydrogens is 292 g/mol. The molecule has 5 nitrogen and oxygen atoms in total. The van der Waals surface area contributed by atoms with Gasteiger partial charge in [-0.25, -0.2) is 0 Å². The van der Waals surface area contributed by atoms with Gasteiger partial charge in [0.2, 0.25) is 5.91 Å². The van der Waals surface area contributed by atoms with Crippen LogP contribution in [0, 0.1) is 0 Å². The number of methoxy groups -OCH3 is 2. The van der Waals surface area contributed by atoms with E-state index in [4.69, 9.17) is 9.47 Å². The summed E-state index contributed by atoms with van der Waals surface area (Å²) in [6.07, 6.45) is 3.15. The number of piperidine rings is 1. The molecule has 0 bridgehead atoms. The van der Waals surface area contributed by atoms with E-state index in [1.807, 2.05) is 18.2 Å². The number of carbonyl (C=O) groups is 1. The van der Waals surface area contributed by atoms with Gasteiger partial charge in [-0.05, 0) is 25.5 Å². The average Bonchev–Trinajstić information content (AvgIpc) is 2.52. The Kier molecular flexibility index (Phi) is 7.32. The highest BCUT2D eigenvalue weighted by molar-refractivity contribution is 5.85. The van der Waals surface area contributed by atoms with E-state index in [2.05, 4.69) is 10.6 Å². The summed E-state index contributed by atoms with van der Waals surface area (Å²) in [7, 11) is 3.21. The Labute approximate surface area is 131 Å². The van der Waals surface area contributed by atoms with Gasteiger partial charge in [0.1, 0.15) is 0 Å². The summed E-state index contributed by atoms with van der Waals surface area (Å²) in [5.74, 6) is 1.40. The summed E-state index contributed by atoms with van der Waals surface area (Å²) in [4.78, 5) is 12.1. The lowest BCUT2D eigenvalue weighted by Gasteiger charge is -2.22. The van der Waals surface area contributed by atoms with Gasteiger partial charge in [0.25, 0.3) is 0 Å². The molecule has 1 fully saturated rings. The summed E-state index contributed by atoms with van der Waals surface area (Å²) < 4.78 is 10.6. The first-order chi connectivity index (χ1) is 9.76. The number of hydrogen-bond donors (Lipinski definition) is 2. The maximum Gasteiger partial charge on any atom is 0.237 e. The van der Waals surface area contributed by atoms with Gasteiger partial charge in [0.15, 0.2) is 11.5 Å². The molecule has 0 aromatic heterocycles. The molecular formula is C15H23ClN2O3. The second-order valence-corrected chi connectivity index (χ2v) is 4.87. The van der Waals surface area contributed by atoms with Gasteiger partial charge in [-0.1, -0.05) is 18.6 Å². The molecule has 21 heavy (non-hydrogen) atoms. The van der Waals surface area contributed by atoms with E-state index < -0.39 is 0 Å². The number of amides is 1. The lowest BCUT2D eigenvalue weighted by atomic mass is 10.0. The number of rotatable bonds is 5. The molecule has 1 heterocycles. The van der Waals surface area contributed by atoms with Crippen LogP contribution in [0.2, 0.25) is 0 Å². The lowest BCUT2D eigenvalue weighted by Crippen LogP contribution is -2.46. The molecule has 6 heteroatoms. The minimum Gasteiger partial charge on any atom is -0.493 e. The number of benzene rings is 1. The van der Waals surface area contributed by atoms with Crippen LogP contribution >= 0.6 is 12.4 Å². The van der Waals surface area contributed by atoms with Crippen LogP contribution in [-0.4, -0.2) is 32.7 Å². The molecule has 0 saturated carbocycles. The first kappa shape index (κ1) is 17.6. The third kappa shape index (κ3) is 4.51. The van der Waals surface area contributed by atoms with Gasteiger partial charge in [0, 0.05) is 12.1 Å². The van der Waals surface area contributed by atoms with Gasteiger partial charge in [0.05, 0.1) is 20.3 Å². The maximum atomic E-state index is 12.1. The van der Waals surface area contributed by atoms with Crippen molar-refractivity contribution in [3.05, 3.63) is 23.8 Å². The molecule has 2 N–H and O–H groups in total. The number of para-hydroxylation sites is 1.